The number of carboxylic acids is 1. The molecule has 1 fully saturated rings. The Labute approximate surface area is 90.8 Å². The van der Waals surface area contributed by atoms with Gasteiger partial charge in [-0.2, -0.15) is 4.68 Å². The van der Waals surface area contributed by atoms with Crippen LogP contribution in [0.5, 0.6) is 0 Å². The van der Waals surface area contributed by atoms with Gasteiger partial charge in [0.1, 0.15) is 0 Å². The van der Waals surface area contributed by atoms with Crippen molar-refractivity contribution in [3.8, 4) is 0 Å². The van der Waals surface area contributed by atoms with Gasteiger partial charge in [0.15, 0.2) is 6.04 Å². The van der Waals surface area contributed by atoms with E-state index in [1.54, 1.807) is 0 Å². The van der Waals surface area contributed by atoms with Crippen LogP contribution in [-0.2, 0) is 4.79 Å². The number of carbonyl (C=O) groups is 1. The van der Waals surface area contributed by atoms with Crippen molar-refractivity contribution in [2.24, 2.45) is 0 Å². The van der Waals surface area contributed by atoms with Crippen molar-refractivity contribution in [3.05, 3.63) is 21.9 Å². The van der Waals surface area contributed by atoms with Crippen LogP contribution in [0, 0.1) is 10.1 Å². The monoisotopic (exact) mass is 225 g/mol. The molecule has 86 valence electrons. The minimum atomic E-state index is -1.04. The van der Waals surface area contributed by atoms with Gasteiger partial charge in [-0.05, 0) is 24.7 Å². The highest BCUT2D eigenvalue weighted by Crippen LogP contribution is 2.41. The van der Waals surface area contributed by atoms with Crippen molar-refractivity contribution in [3.63, 3.8) is 0 Å². The first-order valence-corrected chi connectivity index (χ1v) is 4.97. The summed E-state index contributed by atoms with van der Waals surface area (Å²) in [6.07, 6.45) is 1.88. The molecule has 1 N–H and O–H groups in total. The largest absolute Gasteiger partial charge is 0.480 e. The molecule has 1 unspecified atom stereocenters. The Morgan fingerprint density at radius 2 is 2.38 bits per heavy atom. The van der Waals surface area contributed by atoms with Crippen LogP contribution in [0.3, 0.4) is 0 Å². The normalized spacial score (nSPS) is 17.1. The van der Waals surface area contributed by atoms with Crippen LogP contribution in [0.1, 0.15) is 37.4 Å². The van der Waals surface area contributed by atoms with E-state index in [0.29, 0.717) is 5.69 Å². The van der Waals surface area contributed by atoms with E-state index in [1.165, 1.54) is 17.7 Å². The van der Waals surface area contributed by atoms with E-state index in [-0.39, 0.29) is 11.7 Å². The molecule has 0 bridgehead atoms. The first kappa shape index (κ1) is 10.6. The molecule has 0 amide bonds. The van der Waals surface area contributed by atoms with E-state index in [9.17, 15) is 14.9 Å². The molecule has 0 spiro atoms. The van der Waals surface area contributed by atoms with E-state index in [1.807, 2.05) is 0 Å². The second-order valence-electron chi connectivity index (χ2n) is 3.92. The first-order valence-electron chi connectivity index (χ1n) is 4.97. The fourth-order valence-electron chi connectivity index (χ4n) is 1.58. The van der Waals surface area contributed by atoms with Gasteiger partial charge in [-0.3, -0.25) is 0 Å². The molecule has 1 aliphatic rings. The van der Waals surface area contributed by atoms with E-state index >= 15 is 0 Å². The van der Waals surface area contributed by atoms with Crippen LogP contribution in [0.25, 0.3) is 0 Å². The fourth-order valence-corrected chi connectivity index (χ4v) is 1.58. The topological polar surface area (TPSA) is 98.3 Å². The smallest absolute Gasteiger partial charge is 0.390 e. The Hall–Kier alpha value is -1.92. The highest BCUT2D eigenvalue weighted by Gasteiger charge is 2.35. The molecule has 7 nitrogen and oxygen atoms in total. The second kappa shape index (κ2) is 3.58. The third kappa shape index (κ3) is 1.75. The standard InChI is InChI=1S/C9H11N3O4/c1-5(9(13)14)11-7(6-2-3-6)4-8(10-11)12(15)16/h4-6H,2-3H2,1H3,(H,13,14). The average molecular weight is 225 g/mol. The Kier molecular flexibility index (Phi) is 2.37. The molecule has 0 radical (unpaired) electrons. The lowest BCUT2D eigenvalue weighted by Gasteiger charge is -2.05. The van der Waals surface area contributed by atoms with Gasteiger partial charge in [-0.15, -0.1) is 0 Å². The Balaban J connectivity index is 2.41. The third-order valence-corrected chi connectivity index (χ3v) is 2.66. The van der Waals surface area contributed by atoms with Gasteiger partial charge in [0.05, 0.1) is 16.9 Å². The predicted octanol–water partition coefficient (Wildman–Crippen LogP) is 1.31. The van der Waals surface area contributed by atoms with Gasteiger partial charge >= 0.3 is 11.8 Å². The first-order chi connectivity index (χ1) is 7.50. The molecule has 0 aromatic carbocycles. The fraction of sp³-hybridized carbons (Fsp3) is 0.556. The zero-order valence-electron chi connectivity index (χ0n) is 8.66. The second-order valence-corrected chi connectivity index (χ2v) is 3.92. The summed E-state index contributed by atoms with van der Waals surface area (Å²) >= 11 is 0. The minimum Gasteiger partial charge on any atom is -0.480 e. The molecule has 1 aromatic rings. The Bertz CT molecular complexity index is 450. The average Bonchev–Trinajstić information content (AvgIpc) is 2.96. The van der Waals surface area contributed by atoms with Crippen molar-refractivity contribution in [1.29, 1.82) is 0 Å². The van der Waals surface area contributed by atoms with Crippen LogP contribution in [0.4, 0.5) is 5.82 Å². The molecule has 7 heteroatoms. The van der Waals surface area contributed by atoms with Crippen LogP contribution in [-0.4, -0.2) is 25.8 Å². The zero-order chi connectivity index (χ0) is 11.9. The summed E-state index contributed by atoms with van der Waals surface area (Å²) < 4.78 is 1.25. The summed E-state index contributed by atoms with van der Waals surface area (Å²) in [6.45, 7) is 1.46. The highest BCUT2D eigenvalue weighted by atomic mass is 16.6. The van der Waals surface area contributed by atoms with E-state index < -0.39 is 16.9 Å². The van der Waals surface area contributed by atoms with Gasteiger partial charge in [0, 0.05) is 5.92 Å². The Morgan fingerprint density at radius 1 is 1.75 bits per heavy atom. The number of hydrogen-bond acceptors (Lipinski definition) is 4. The minimum absolute atomic E-state index is 0.225. The van der Waals surface area contributed by atoms with Crippen LogP contribution in [0.15, 0.2) is 6.07 Å². The maximum absolute atomic E-state index is 10.8. The van der Waals surface area contributed by atoms with Gasteiger partial charge in [0.2, 0.25) is 0 Å². The van der Waals surface area contributed by atoms with Crippen molar-refractivity contribution in [2.75, 3.05) is 0 Å². The summed E-state index contributed by atoms with van der Waals surface area (Å²) in [5.41, 5.74) is 0.654. The van der Waals surface area contributed by atoms with Crippen LogP contribution >= 0.6 is 0 Å². The number of aromatic nitrogens is 2. The van der Waals surface area contributed by atoms with E-state index in [0.717, 1.165) is 12.8 Å². The van der Waals surface area contributed by atoms with Crippen molar-refractivity contribution >= 4 is 11.8 Å². The van der Waals surface area contributed by atoms with Gasteiger partial charge in [-0.25, -0.2) is 4.79 Å². The molecule has 1 aliphatic carbocycles. The van der Waals surface area contributed by atoms with E-state index in [4.69, 9.17) is 5.11 Å². The predicted molar refractivity (Wildman–Crippen MR) is 53.2 cm³/mol. The molecule has 0 aliphatic heterocycles. The lowest BCUT2D eigenvalue weighted by molar-refractivity contribution is -0.389. The van der Waals surface area contributed by atoms with Crippen LogP contribution < -0.4 is 0 Å². The summed E-state index contributed by atoms with van der Waals surface area (Å²) in [5, 5.41) is 23.2. The molecule has 1 saturated carbocycles. The number of nitrogens with zero attached hydrogens (tertiary/aromatic N) is 3. The maximum atomic E-state index is 10.8. The van der Waals surface area contributed by atoms with Gasteiger partial charge < -0.3 is 15.2 Å². The number of aliphatic carboxylic acids is 1. The quantitative estimate of drug-likeness (QED) is 0.615. The molecular formula is C9H11N3O4. The summed E-state index contributed by atoms with van der Waals surface area (Å²) in [4.78, 5) is 20.8. The maximum Gasteiger partial charge on any atom is 0.390 e. The molecule has 16 heavy (non-hydrogen) atoms. The van der Waals surface area contributed by atoms with Gasteiger partial charge in [-0.1, -0.05) is 0 Å². The summed E-state index contributed by atoms with van der Waals surface area (Å²) in [5.74, 6) is -1.10. The molecule has 0 saturated heterocycles. The highest BCUT2D eigenvalue weighted by molar-refractivity contribution is 5.71. The molecular weight excluding hydrogens is 214 g/mol. The van der Waals surface area contributed by atoms with Gasteiger partial charge in [0.25, 0.3) is 0 Å². The Morgan fingerprint density at radius 3 is 2.81 bits per heavy atom. The van der Waals surface area contributed by atoms with Crippen molar-refractivity contribution in [2.45, 2.75) is 31.7 Å². The molecule has 1 atom stereocenters. The number of carboxylic acid groups (broad SMARTS) is 1. The lowest BCUT2D eigenvalue weighted by Crippen LogP contribution is -2.18. The molecule has 2 rings (SSSR count). The number of rotatable bonds is 4. The molecule has 1 heterocycles. The van der Waals surface area contributed by atoms with Crippen molar-refractivity contribution in [1.82, 2.24) is 9.78 Å². The lowest BCUT2D eigenvalue weighted by atomic mass is 10.2. The summed E-state index contributed by atoms with van der Waals surface area (Å²) in [6, 6.07) is 0.501. The number of hydrogen-bond donors (Lipinski definition) is 1. The van der Waals surface area contributed by atoms with E-state index in [2.05, 4.69) is 5.10 Å². The zero-order valence-corrected chi connectivity index (χ0v) is 8.66. The SMILES string of the molecule is CC(C(=O)O)n1nc([N+](=O)[O-])cc1C1CC1. The van der Waals surface area contributed by atoms with Crippen LogP contribution in [0.2, 0.25) is 0 Å². The summed E-state index contributed by atoms with van der Waals surface area (Å²) in [7, 11) is 0. The molecule has 1 aromatic heterocycles. The third-order valence-electron chi connectivity index (χ3n) is 2.66. The van der Waals surface area contributed by atoms with Crippen molar-refractivity contribution < 1.29 is 14.8 Å². The number of nitro groups is 1.